The van der Waals surface area contributed by atoms with Crippen molar-refractivity contribution >= 4 is 25.8 Å². The lowest BCUT2D eigenvalue weighted by Crippen LogP contribution is -1.96. The highest BCUT2D eigenvalue weighted by Crippen LogP contribution is 2.30. The molecular formula is C15H15BrO4S. The van der Waals surface area contributed by atoms with Crippen LogP contribution in [0.4, 0.5) is 0 Å². The average Bonchev–Trinajstić information content (AvgIpc) is 2.38. The molecule has 0 spiro atoms. The Morgan fingerprint density at radius 3 is 2.14 bits per heavy atom. The molecule has 0 aliphatic carbocycles. The first-order valence-electron chi connectivity index (χ1n) is 6.23. The average molecular weight is 371 g/mol. The van der Waals surface area contributed by atoms with E-state index in [0.29, 0.717) is 11.5 Å². The Morgan fingerprint density at radius 2 is 1.67 bits per heavy atom. The fourth-order valence-electron chi connectivity index (χ4n) is 1.80. The van der Waals surface area contributed by atoms with Crippen LogP contribution < -0.4 is 4.74 Å². The van der Waals surface area contributed by atoms with Crippen LogP contribution in [0.15, 0.2) is 51.8 Å². The zero-order chi connectivity index (χ0) is 15.6. The van der Waals surface area contributed by atoms with Crippen molar-refractivity contribution in [3.8, 4) is 11.5 Å². The fourth-order valence-corrected chi connectivity index (χ4v) is 3.12. The van der Waals surface area contributed by atoms with E-state index >= 15 is 0 Å². The standard InChI is InChI=1S/C15H15BrO4S/c1-10(17)14-8-5-12(9-15(14)16)20-11-3-6-13(7-4-11)21(2,18)19/h3-10,17H,1-2H3/t10-/m1/s1. The number of benzene rings is 2. The van der Waals surface area contributed by atoms with Crippen molar-refractivity contribution in [1.82, 2.24) is 0 Å². The Hall–Kier alpha value is -1.37. The van der Waals surface area contributed by atoms with Gasteiger partial charge in [0.25, 0.3) is 0 Å². The molecule has 0 aliphatic heterocycles. The van der Waals surface area contributed by atoms with E-state index in [1.165, 1.54) is 12.1 Å². The van der Waals surface area contributed by atoms with Gasteiger partial charge in [0.2, 0.25) is 0 Å². The third kappa shape index (κ3) is 4.06. The van der Waals surface area contributed by atoms with Crippen molar-refractivity contribution in [2.75, 3.05) is 6.26 Å². The normalized spacial score (nSPS) is 13.0. The predicted octanol–water partition coefficient (Wildman–Crippen LogP) is 3.70. The minimum Gasteiger partial charge on any atom is -0.457 e. The van der Waals surface area contributed by atoms with Gasteiger partial charge in [-0.3, -0.25) is 0 Å². The third-order valence-electron chi connectivity index (χ3n) is 2.91. The number of aliphatic hydroxyl groups is 1. The maximum atomic E-state index is 11.4. The lowest BCUT2D eigenvalue weighted by Gasteiger charge is -2.11. The monoisotopic (exact) mass is 370 g/mol. The lowest BCUT2D eigenvalue weighted by molar-refractivity contribution is 0.198. The Bertz CT molecular complexity index is 737. The smallest absolute Gasteiger partial charge is 0.175 e. The van der Waals surface area contributed by atoms with Crippen molar-refractivity contribution < 1.29 is 18.3 Å². The molecule has 0 saturated carbocycles. The minimum absolute atomic E-state index is 0.250. The quantitative estimate of drug-likeness (QED) is 0.890. The van der Waals surface area contributed by atoms with Crippen molar-refractivity contribution in [3.63, 3.8) is 0 Å². The van der Waals surface area contributed by atoms with E-state index in [9.17, 15) is 13.5 Å². The highest BCUT2D eigenvalue weighted by atomic mass is 79.9. The van der Waals surface area contributed by atoms with E-state index < -0.39 is 15.9 Å². The summed E-state index contributed by atoms with van der Waals surface area (Å²) < 4.78 is 29.2. The molecule has 2 aromatic rings. The van der Waals surface area contributed by atoms with Crippen LogP contribution in [-0.2, 0) is 9.84 Å². The molecule has 0 heterocycles. The number of sulfone groups is 1. The molecule has 1 N–H and O–H groups in total. The molecule has 4 nitrogen and oxygen atoms in total. The molecule has 0 aromatic heterocycles. The first-order valence-corrected chi connectivity index (χ1v) is 8.91. The second-order valence-electron chi connectivity index (χ2n) is 4.70. The molecule has 0 bridgehead atoms. The van der Waals surface area contributed by atoms with Crippen LogP contribution in [0.5, 0.6) is 11.5 Å². The van der Waals surface area contributed by atoms with Crippen LogP contribution >= 0.6 is 15.9 Å². The van der Waals surface area contributed by atoms with Crippen LogP contribution in [0.3, 0.4) is 0 Å². The van der Waals surface area contributed by atoms with E-state index in [1.54, 1.807) is 37.3 Å². The second kappa shape index (κ2) is 6.17. The first-order chi connectivity index (χ1) is 9.77. The number of rotatable bonds is 4. The number of aliphatic hydroxyl groups excluding tert-OH is 1. The molecule has 1 atom stereocenters. The van der Waals surface area contributed by atoms with Gasteiger partial charge in [0.15, 0.2) is 9.84 Å². The van der Waals surface area contributed by atoms with Crippen molar-refractivity contribution in [1.29, 1.82) is 0 Å². The van der Waals surface area contributed by atoms with Gasteiger partial charge in [-0.15, -0.1) is 0 Å². The number of ether oxygens (including phenoxy) is 1. The molecular weight excluding hydrogens is 356 g/mol. The second-order valence-corrected chi connectivity index (χ2v) is 7.57. The predicted molar refractivity (Wildman–Crippen MR) is 84.4 cm³/mol. The van der Waals surface area contributed by atoms with Gasteiger partial charge in [0, 0.05) is 10.7 Å². The van der Waals surface area contributed by atoms with Crippen molar-refractivity contribution in [2.24, 2.45) is 0 Å². The molecule has 0 saturated heterocycles. The van der Waals surface area contributed by atoms with E-state index in [1.807, 2.05) is 0 Å². The Labute approximate surface area is 132 Å². The van der Waals surface area contributed by atoms with Gasteiger partial charge in [-0.05, 0) is 48.9 Å². The van der Waals surface area contributed by atoms with Crippen LogP contribution in [0.25, 0.3) is 0 Å². The van der Waals surface area contributed by atoms with Crippen LogP contribution in [0.1, 0.15) is 18.6 Å². The minimum atomic E-state index is -3.21. The zero-order valence-electron chi connectivity index (χ0n) is 11.6. The number of halogens is 1. The van der Waals surface area contributed by atoms with Gasteiger partial charge < -0.3 is 9.84 Å². The van der Waals surface area contributed by atoms with Gasteiger partial charge in [0.05, 0.1) is 11.0 Å². The van der Waals surface area contributed by atoms with Gasteiger partial charge in [-0.25, -0.2) is 8.42 Å². The summed E-state index contributed by atoms with van der Waals surface area (Å²) in [6.45, 7) is 1.69. The van der Waals surface area contributed by atoms with Crippen molar-refractivity contribution in [3.05, 3.63) is 52.5 Å². The van der Waals surface area contributed by atoms with Crippen LogP contribution in [0.2, 0.25) is 0 Å². The summed E-state index contributed by atoms with van der Waals surface area (Å²) in [5.74, 6) is 1.14. The van der Waals surface area contributed by atoms with E-state index in [-0.39, 0.29) is 4.90 Å². The summed E-state index contributed by atoms with van der Waals surface area (Å²) in [5.41, 5.74) is 0.773. The highest BCUT2D eigenvalue weighted by Gasteiger charge is 2.09. The molecule has 0 fully saturated rings. The molecule has 0 amide bonds. The summed E-state index contributed by atoms with van der Waals surface area (Å²) in [5, 5.41) is 9.56. The first kappa shape index (κ1) is 16.0. The van der Waals surface area contributed by atoms with Gasteiger partial charge in [-0.1, -0.05) is 22.0 Å². The molecule has 0 radical (unpaired) electrons. The maximum absolute atomic E-state index is 11.4. The Morgan fingerprint density at radius 1 is 1.10 bits per heavy atom. The van der Waals surface area contributed by atoms with Gasteiger partial charge in [-0.2, -0.15) is 0 Å². The van der Waals surface area contributed by atoms with Gasteiger partial charge >= 0.3 is 0 Å². The van der Waals surface area contributed by atoms with Crippen LogP contribution in [-0.4, -0.2) is 19.8 Å². The fraction of sp³-hybridized carbons (Fsp3) is 0.200. The summed E-state index contributed by atoms with van der Waals surface area (Å²) in [7, 11) is -3.21. The van der Waals surface area contributed by atoms with Gasteiger partial charge in [0.1, 0.15) is 11.5 Å². The summed E-state index contributed by atoms with van der Waals surface area (Å²) in [4.78, 5) is 0.250. The van der Waals surface area contributed by atoms with E-state index in [4.69, 9.17) is 4.74 Å². The van der Waals surface area contributed by atoms with Crippen LogP contribution in [0, 0.1) is 0 Å². The largest absolute Gasteiger partial charge is 0.457 e. The maximum Gasteiger partial charge on any atom is 0.175 e. The summed E-state index contributed by atoms with van der Waals surface area (Å²) in [6, 6.07) is 11.5. The van der Waals surface area contributed by atoms with Crippen molar-refractivity contribution in [2.45, 2.75) is 17.9 Å². The lowest BCUT2D eigenvalue weighted by atomic mass is 10.1. The zero-order valence-corrected chi connectivity index (χ0v) is 14.0. The molecule has 2 rings (SSSR count). The molecule has 21 heavy (non-hydrogen) atoms. The SMILES string of the molecule is C[C@@H](O)c1ccc(Oc2ccc(S(C)(=O)=O)cc2)cc1Br. The highest BCUT2D eigenvalue weighted by molar-refractivity contribution is 9.10. The molecule has 2 aromatic carbocycles. The van der Waals surface area contributed by atoms with E-state index in [0.717, 1.165) is 16.3 Å². The Kier molecular flexibility index (Phi) is 4.70. The number of hydrogen-bond acceptors (Lipinski definition) is 4. The molecule has 0 aliphatic rings. The summed E-state index contributed by atoms with van der Waals surface area (Å²) in [6.07, 6.45) is 0.594. The third-order valence-corrected chi connectivity index (χ3v) is 4.72. The molecule has 112 valence electrons. The van der Waals surface area contributed by atoms with E-state index in [2.05, 4.69) is 15.9 Å². The summed E-state index contributed by atoms with van der Waals surface area (Å²) >= 11 is 3.38. The molecule has 6 heteroatoms. The number of hydrogen-bond donors (Lipinski definition) is 1. The Balaban J connectivity index is 2.21. The topological polar surface area (TPSA) is 63.6 Å². The molecule has 0 unspecified atom stereocenters.